The molecule has 1 aromatic rings. The van der Waals surface area contributed by atoms with Crippen molar-refractivity contribution in [3.8, 4) is 0 Å². The largest absolute Gasteiger partial charge is 0.463 e. The van der Waals surface area contributed by atoms with Crippen LogP contribution in [-0.4, -0.2) is 30.8 Å². The molecule has 2 rings (SSSR count). The van der Waals surface area contributed by atoms with Gasteiger partial charge in [-0.3, -0.25) is 14.5 Å². The standard InChI is InChI=1S/C14H11BrFNO4/c1-3-21-14(20)7(2)6-17-11-5-10(16)9(15)4-8(11)12(18)13(17)19/h4-5H,2-3,6H2,1H3. The van der Waals surface area contributed by atoms with Crippen molar-refractivity contribution in [3.05, 3.63) is 40.1 Å². The number of ketones is 1. The van der Waals surface area contributed by atoms with E-state index in [4.69, 9.17) is 4.74 Å². The first-order valence-corrected chi connectivity index (χ1v) is 6.86. The summed E-state index contributed by atoms with van der Waals surface area (Å²) in [5.41, 5.74) is 0.218. The number of hydrogen-bond acceptors (Lipinski definition) is 4. The number of anilines is 1. The summed E-state index contributed by atoms with van der Waals surface area (Å²) in [6.45, 7) is 5.11. The van der Waals surface area contributed by atoms with Gasteiger partial charge in [-0.1, -0.05) is 6.58 Å². The van der Waals surface area contributed by atoms with Crippen molar-refractivity contribution < 1.29 is 23.5 Å². The maximum atomic E-state index is 13.6. The molecule has 1 heterocycles. The second-order valence-corrected chi connectivity index (χ2v) is 5.18. The van der Waals surface area contributed by atoms with Crippen LogP contribution in [0, 0.1) is 5.82 Å². The highest BCUT2D eigenvalue weighted by Crippen LogP contribution is 2.33. The number of Topliss-reactive ketones (excluding diaryl/α,β-unsaturated/α-hetero) is 1. The number of rotatable bonds is 4. The highest BCUT2D eigenvalue weighted by molar-refractivity contribution is 9.10. The Labute approximate surface area is 128 Å². The van der Waals surface area contributed by atoms with E-state index in [0.29, 0.717) is 0 Å². The zero-order valence-corrected chi connectivity index (χ0v) is 12.7. The lowest BCUT2D eigenvalue weighted by Crippen LogP contribution is -2.33. The van der Waals surface area contributed by atoms with E-state index in [1.165, 1.54) is 6.07 Å². The fourth-order valence-corrected chi connectivity index (χ4v) is 2.28. The summed E-state index contributed by atoms with van der Waals surface area (Å²) in [6.07, 6.45) is 0. The third-order valence-electron chi connectivity index (χ3n) is 2.93. The summed E-state index contributed by atoms with van der Waals surface area (Å²) < 4.78 is 18.5. The number of halogens is 2. The number of nitrogens with zero attached hydrogens (tertiary/aromatic N) is 1. The molecule has 0 saturated heterocycles. The smallest absolute Gasteiger partial charge is 0.335 e. The van der Waals surface area contributed by atoms with Crippen molar-refractivity contribution in [3.63, 3.8) is 0 Å². The van der Waals surface area contributed by atoms with Gasteiger partial charge < -0.3 is 4.74 Å². The first kappa shape index (κ1) is 15.4. The minimum atomic E-state index is -0.826. The van der Waals surface area contributed by atoms with Crippen LogP contribution in [0.25, 0.3) is 0 Å². The molecule has 0 N–H and O–H groups in total. The zero-order chi connectivity index (χ0) is 15.7. The molecule has 0 unspecified atom stereocenters. The first-order valence-electron chi connectivity index (χ1n) is 6.07. The summed E-state index contributed by atoms with van der Waals surface area (Å²) in [4.78, 5) is 36.4. The van der Waals surface area contributed by atoms with Gasteiger partial charge in [0.2, 0.25) is 0 Å². The van der Waals surface area contributed by atoms with E-state index in [-0.39, 0.29) is 34.4 Å². The van der Waals surface area contributed by atoms with Gasteiger partial charge in [0, 0.05) is 5.57 Å². The molecule has 0 aliphatic carbocycles. The summed E-state index contributed by atoms with van der Waals surface area (Å²) in [6, 6.07) is 2.32. The SMILES string of the molecule is C=C(CN1C(=O)C(=O)c2cc(Br)c(F)cc21)C(=O)OCC. The van der Waals surface area contributed by atoms with Crippen LogP contribution in [-0.2, 0) is 14.3 Å². The first-order chi connectivity index (χ1) is 9.86. The number of esters is 1. The fraction of sp³-hybridized carbons (Fsp3) is 0.214. The summed E-state index contributed by atoms with van der Waals surface area (Å²) in [7, 11) is 0. The summed E-state index contributed by atoms with van der Waals surface area (Å²) in [5.74, 6) is -2.85. The molecule has 0 bridgehead atoms. The van der Waals surface area contributed by atoms with E-state index in [1.54, 1.807) is 6.92 Å². The van der Waals surface area contributed by atoms with E-state index in [0.717, 1.165) is 11.0 Å². The normalized spacial score (nSPS) is 13.4. The molecule has 1 aromatic carbocycles. The molecule has 0 atom stereocenters. The molecule has 1 amide bonds. The molecular weight excluding hydrogens is 345 g/mol. The lowest BCUT2D eigenvalue weighted by atomic mass is 10.1. The average molecular weight is 356 g/mol. The number of amides is 1. The maximum Gasteiger partial charge on any atom is 0.335 e. The number of benzene rings is 1. The van der Waals surface area contributed by atoms with Gasteiger partial charge in [-0.15, -0.1) is 0 Å². The number of fused-ring (bicyclic) bond motifs is 1. The molecule has 1 aliphatic heterocycles. The zero-order valence-electron chi connectivity index (χ0n) is 11.1. The number of carbonyl (C=O) groups excluding carboxylic acids is 3. The van der Waals surface area contributed by atoms with Gasteiger partial charge >= 0.3 is 5.97 Å². The molecule has 7 heteroatoms. The minimum absolute atomic E-state index is 0.00850. The monoisotopic (exact) mass is 355 g/mol. The Bertz CT molecular complexity index is 671. The molecule has 0 saturated carbocycles. The Morgan fingerprint density at radius 3 is 2.71 bits per heavy atom. The van der Waals surface area contributed by atoms with Gasteiger partial charge in [0.05, 0.1) is 28.9 Å². The molecule has 21 heavy (non-hydrogen) atoms. The number of carbonyl (C=O) groups is 3. The molecule has 110 valence electrons. The Morgan fingerprint density at radius 2 is 2.10 bits per heavy atom. The van der Waals surface area contributed by atoms with Gasteiger partial charge in [-0.2, -0.15) is 0 Å². The molecule has 1 aliphatic rings. The van der Waals surface area contributed by atoms with E-state index < -0.39 is 23.5 Å². The summed E-state index contributed by atoms with van der Waals surface area (Å²) >= 11 is 2.96. The van der Waals surface area contributed by atoms with E-state index in [1.807, 2.05) is 0 Å². The number of hydrogen-bond donors (Lipinski definition) is 0. The third kappa shape index (κ3) is 2.73. The van der Waals surface area contributed by atoms with Crippen LogP contribution in [0.3, 0.4) is 0 Å². The predicted octanol–water partition coefficient (Wildman–Crippen LogP) is 2.24. The van der Waals surface area contributed by atoms with Gasteiger partial charge in [0.15, 0.2) is 0 Å². The van der Waals surface area contributed by atoms with Crippen LogP contribution in [0.1, 0.15) is 17.3 Å². The molecular formula is C14H11BrFNO4. The van der Waals surface area contributed by atoms with Crippen molar-refractivity contribution in [1.29, 1.82) is 0 Å². The molecule has 0 fully saturated rings. The lowest BCUT2D eigenvalue weighted by molar-refractivity contribution is -0.138. The topological polar surface area (TPSA) is 63.7 Å². The van der Waals surface area contributed by atoms with Crippen LogP contribution in [0.5, 0.6) is 0 Å². The van der Waals surface area contributed by atoms with Crippen molar-refractivity contribution >= 4 is 39.3 Å². The Balaban J connectivity index is 2.33. The summed E-state index contributed by atoms with van der Waals surface area (Å²) in [5, 5.41) is 0. The van der Waals surface area contributed by atoms with Crippen molar-refractivity contribution in [2.75, 3.05) is 18.1 Å². The van der Waals surface area contributed by atoms with Crippen LogP contribution < -0.4 is 4.90 Å². The molecule has 0 radical (unpaired) electrons. The quantitative estimate of drug-likeness (QED) is 0.472. The van der Waals surface area contributed by atoms with Crippen molar-refractivity contribution in [2.45, 2.75) is 6.92 Å². The van der Waals surface area contributed by atoms with E-state index in [9.17, 15) is 18.8 Å². The van der Waals surface area contributed by atoms with Gasteiger partial charge in [-0.25, -0.2) is 9.18 Å². The highest BCUT2D eigenvalue weighted by Gasteiger charge is 2.37. The average Bonchev–Trinajstić information content (AvgIpc) is 2.65. The van der Waals surface area contributed by atoms with Gasteiger partial charge in [0.1, 0.15) is 5.82 Å². The lowest BCUT2D eigenvalue weighted by Gasteiger charge is -2.17. The second-order valence-electron chi connectivity index (χ2n) is 4.33. The van der Waals surface area contributed by atoms with Crippen LogP contribution >= 0.6 is 15.9 Å². The Kier molecular flexibility index (Phi) is 4.22. The van der Waals surface area contributed by atoms with Crippen LogP contribution in [0.15, 0.2) is 28.8 Å². The number of ether oxygens (including phenoxy) is 1. The fourth-order valence-electron chi connectivity index (χ4n) is 1.93. The van der Waals surface area contributed by atoms with E-state index in [2.05, 4.69) is 22.5 Å². The maximum absolute atomic E-state index is 13.6. The molecule has 0 spiro atoms. The minimum Gasteiger partial charge on any atom is -0.463 e. The van der Waals surface area contributed by atoms with Gasteiger partial charge in [-0.05, 0) is 35.0 Å². The third-order valence-corrected chi connectivity index (χ3v) is 3.53. The van der Waals surface area contributed by atoms with Crippen LogP contribution in [0.4, 0.5) is 10.1 Å². The molecule has 5 nitrogen and oxygen atoms in total. The van der Waals surface area contributed by atoms with Crippen LogP contribution in [0.2, 0.25) is 0 Å². The highest BCUT2D eigenvalue weighted by atomic mass is 79.9. The van der Waals surface area contributed by atoms with Crippen molar-refractivity contribution in [1.82, 2.24) is 0 Å². The van der Waals surface area contributed by atoms with Gasteiger partial charge in [0.25, 0.3) is 11.7 Å². The predicted molar refractivity (Wildman–Crippen MR) is 76.6 cm³/mol. The second kappa shape index (κ2) is 5.77. The van der Waals surface area contributed by atoms with Crippen molar-refractivity contribution in [2.24, 2.45) is 0 Å². The Morgan fingerprint density at radius 1 is 1.43 bits per heavy atom. The molecule has 0 aromatic heterocycles. The Hall–Kier alpha value is -2.02. The van der Waals surface area contributed by atoms with E-state index >= 15 is 0 Å².